The summed E-state index contributed by atoms with van der Waals surface area (Å²) in [6, 6.07) is 19.0. The van der Waals surface area contributed by atoms with Crippen LogP contribution in [0.3, 0.4) is 0 Å². The lowest BCUT2D eigenvalue weighted by Gasteiger charge is -2.19. The lowest BCUT2D eigenvalue weighted by molar-refractivity contribution is 0.292. The maximum absolute atomic E-state index is 14.1. The molecule has 0 spiro atoms. The predicted molar refractivity (Wildman–Crippen MR) is 122 cm³/mol. The number of ether oxygens (including phenoxy) is 1. The van der Waals surface area contributed by atoms with Gasteiger partial charge in [-0.2, -0.15) is 0 Å². The molecule has 0 radical (unpaired) electrons. The first-order valence-electron chi connectivity index (χ1n) is 9.97. The minimum Gasteiger partial charge on any atom is -0.481 e. The summed E-state index contributed by atoms with van der Waals surface area (Å²) < 4.78 is 26.0. The maximum atomic E-state index is 14.1. The van der Waals surface area contributed by atoms with Crippen molar-refractivity contribution in [3.63, 3.8) is 0 Å². The highest BCUT2D eigenvalue weighted by Gasteiger charge is 2.20. The quantitative estimate of drug-likeness (QED) is 0.341. The fraction of sp³-hybridized carbons (Fsp3) is 0.192. The van der Waals surface area contributed by atoms with Gasteiger partial charge in [-0.25, -0.2) is 4.39 Å². The Kier molecular flexibility index (Phi) is 5.59. The van der Waals surface area contributed by atoms with E-state index in [0.29, 0.717) is 32.9 Å². The second-order valence-electron chi connectivity index (χ2n) is 8.44. The molecule has 0 N–H and O–H groups in total. The molecule has 0 atom stereocenters. The van der Waals surface area contributed by atoms with Crippen molar-refractivity contribution in [3.8, 4) is 17.1 Å². The average molecular weight is 437 g/mol. The minimum atomic E-state index is -0.396. The van der Waals surface area contributed by atoms with Gasteiger partial charge in [-0.15, -0.1) is 0 Å². The molecule has 1 heterocycles. The summed E-state index contributed by atoms with van der Waals surface area (Å²) in [6.45, 7) is 6.29. The van der Waals surface area contributed by atoms with Crippen LogP contribution in [0.5, 0.6) is 5.75 Å². The van der Waals surface area contributed by atoms with Gasteiger partial charge in [-0.1, -0.05) is 74.8 Å². The molecule has 0 fully saturated rings. The molecule has 0 bridgehead atoms. The molecular weight excluding hydrogens is 415 g/mol. The Balaban J connectivity index is 1.84. The first kappa shape index (κ1) is 21.1. The molecular formula is C26H22ClFO3. The van der Waals surface area contributed by atoms with Gasteiger partial charge in [0, 0.05) is 16.1 Å². The Morgan fingerprint density at radius 1 is 1.00 bits per heavy atom. The molecule has 4 aromatic rings. The zero-order valence-corrected chi connectivity index (χ0v) is 18.3. The number of benzene rings is 3. The summed E-state index contributed by atoms with van der Waals surface area (Å²) >= 11 is 6.08. The average Bonchev–Trinajstić information content (AvgIpc) is 2.74. The molecule has 4 rings (SSSR count). The van der Waals surface area contributed by atoms with Crippen LogP contribution in [-0.4, -0.2) is 0 Å². The van der Waals surface area contributed by atoms with Crippen molar-refractivity contribution in [2.75, 3.05) is 0 Å². The molecule has 1 aromatic heterocycles. The highest BCUT2D eigenvalue weighted by molar-refractivity contribution is 6.31. The topological polar surface area (TPSA) is 39.4 Å². The van der Waals surface area contributed by atoms with Crippen LogP contribution < -0.4 is 10.2 Å². The van der Waals surface area contributed by atoms with E-state index >= 15 is 0 Å². The van der Waals surface area contributed by atoms with Crippen molar-refractivity contribution >= 4 is 22.6 Å². The van der Waals surface area contributed by atoms with E-state index in [2.05, 4.69) is 20.8 Å². The standard InChI is InChI=1S/C26H22ClFO3/c1-26(2,3)18-10-8-16(9-11-18)24-25(30-15-17-6-4-5-7-21(17)28)23(29)20-14-19(27)12-13-22(20)31-24/h4-14H,15H2,1-3H3. The number of halogens is 2. The van der Waals surface area contributed by atoms with Gasteiger partial charge < -0.3 is 9.15 Å². The van der Waals surface area contributed by atoms with Crippen LogP contribution in [0, 0.1) is 5.82 Å². The molecule has 0 amide bonds. The van der Waals surface area contributed by atoms with Crippen LogP contribution >= 0.6 is 11.6 Å². The van der Waals surface area contributed by atoms with Crippen molar-refractivity contribution in [2.24, 2.45) is 0 Å². The smallest absolute Gasteiger partial charge is 0.235 e. The van der Waals surface area contributed by atoms with Crippen LogP contribution in [0.15, 0.2) is 75.9 Å². The van der Waals surface area contributed by atoms with Crippen LogP contribution in [0.2, 0.25) is 5.02 Å². The van der Waals surface area contributed by atoms with Crippen molar-refractivity contribution in [3.05, 3.63) is 98.9 Å². The van der Waals surface area contributed by atoms with E-state index in [0.717, 1.165) is 5.56 Å². The third kappa shape index (κ3) is 4.35. The minimum absolute atomic E-state index is 0.0103. The van der Waals surface area contributed by atoms with Gasteiger partial charge in [-0.3, -0.25) is 4.79 Å². The predicted octanol–water partition coefficient (Wildman–Crippen LogP) is 7.13. The van der Waals surface area contributed by atoms with E-state index in [1.165, 1.54) is 6.07 Å². The Bertz CT molecular complexity index is 1300. The largest absolute Gasteiger partial charge is 0.481 e. The number of fused-ring (bicyclic) bond motifs is 1. The number of hydrogen-bond donors (Lipinski definition) is 0. The Morgan fingerprint density at radius 3 is 2.39 bits per heavy atom. The highest BCUT2D eigenvalue weighted by atomic mass is 35.5. The third-order valence-corrected chi connectivity index (χ3v) is 5.39. The Hall–Kier alpha value is -3.11. The van der Waals surface area contributed by atoms with E-state index in [1.54, 1.807) is 36.4 Å². The first-order chi connectivity index (χ1) is 14.7. The molecule has 0 saturated heterocycles. The van der Waals surface area contributed by atoms with E-state index in [1.807, 2.05) is 24.3 Å². The zero-order chi connectivity index (χ0) is 22.2. The highest BCUT2D eigenvalue weighted by Crippen LogP contribution is 2.33. The molecule has 31 heavy (non-hydrogen) atoms. The SMILES string of the molecule is CC(C)(C)c1ccc(-c2oc3ccc(Cl)cc3c(=O)c2OCc2ccccc2F)cc1. The Morgan fingerprint density at radius 2 is 1.71 bits per heavy atom. The van der Waals surface area contributed by atoms with Crippen molar-refractivity contribution in [1.82, 2.24) is 0 Å². The van der Waals surface area contributed by atoms with Crippen molar-refractivity contribution in [2.45, 2.75) is 32.8 Å². The molecule has 0 aliphatic carbocycles. The summed E-state index contributed by atoms with van der Waals surface area (Å²) in [5.41, 5.74) is 2.24. The first-order valence-corrected chi connectivity index (χ1v) is 10.4. The lowest BCUT2D eigenvalue weighted by Crippen LogP contribution is -2.12. The van der Waals surface area contributed by atoms with Crippen molar-refractivity contribution in [1.29, 1.82) is 0 Å². The summed E-state index contributed by atoms with van der Waals surface area (Å²) in [5.74, 6) is -0.0649. The Labute approximate surface area is 185 Å². The molecule has 0 saturated carbocycles. The van der Waals surface area contributed by atoms with Gasteiger partial charge in [0.05, 0.1) is 5.39 Å². The van der Waals surface area contributed by atoms with Crippen molar-refractivity contribution < 1.29 is 13.5 Å². The fourth-order valence-electron chi connectivity index (χ4n) is 3.36. The van der Waals surface area contributed by atoms with Crippen LogP contribution in [0.1, 0.15) is 31.9 Å². The summed E-state index contributed by atoms with van der Waals surface area (Å²) in [7, 11) is 0. The van der Waals surface area contributed by atoms with E-state index in [4.69, 9.17) is 20.8 Å². The van der Waals surface area contributed by atoms with Gasteiger partial charge in [0.25, 0.3) is 0 Å². The van der Waals surface area contributed by atoms with Gasteiger partial charge in [-0.05, 0) is 35.2 Å². The summed E-state index contributed by atoms with van der Waals surface area (Å²) in [5, 5.41) is 0.730. The molecule has 0 aliphatic heterocycles. The van der Waals surface area contributed by atoms with Crippen LogP contribution in [0.25, 0.3) is 22.3 Å². The lowest BCUT2D eigenvalue weighted by atomic mass is 9.86. The van der Waals surface area contributed by atoms with Gasteiger partial charge in [0.15, 0.2) is 5.76 Å². The van der Waals surface area contributed by atoms with Gasteiger partial charge in [0.1, 0.15) is 18.0 Å². The molecule has 0 aliphatic rings. The third-order valence-electron chi connectivity index (χ3n) is 5.15. The van der Waals surface area contributed by atoms with Gasteiger partial charge in [0.2, 0.25) is 11.2 Å². The molecule has 3 aromatic carbocycles. The van der Waals surface area contributed by atoms with E-state index in [-0.39, 0.29) is 23.2 Å². The zero-order valence-electron chi connectivity index (χ0n) is 17.5. The molecule has 158 valence electrons. The monoisotopic (exact) mass is 436 g/mol. The van der Waals surface area contributed by atoms with E-state index < -0.39 is 5.82 Å². The number of rotatable bonds is 4. The van der Waals surface area contributed by atoms with Crippen LogP contribution in [-0.2, 0) is 12.0 Å². The van der Waals surface area contributed by atoms with E-state index in [9.17, 15) is 9.18 Å². The molecule has 0 unspecified atom stereocenters. The van der Waals surface area contributed by atoms with Crippen LogP contribution in [0.4, 0.5) is 4.39 Å². The molecule has 5 heteroatoms. The summed E-state index contributed by atoms with van der Waals surface area (Å²) in [6.07, 6.45) is 0. The second kappa shape index (κ2) is 8.20. The number of hydrogen-bond acceptors (Lipinski definition) is 3. The summed E-state index contributed by atoms with van der Waals surface area (Å²) in [4.78, 5) is 13.3. The maximum Gasteiger partial charge on any atom is 0.235 e. The molecule has 3 nitrogen and oxygen atoms in total. The second-order valence-corrected chi connectivity index (χ2v) is 8.87. The fourth-order valence-corrected chi connectivity index (χ4v) is 3.53. The van der Waals surface area contributed by atoms with Gasteiger partial charge >= 0.3 is 0 Å². The normalized spacial score (nSPS) is 11.6.